The van der Waals surface area contributed by atoms with Gasteiger partial charge in [0.15, 0.2) is 0 Å². The number of aliphatic hydroxyl groups excluding tert-OH is 2. The Bertz CT molecular complexity index is 1110. The van der Waals surface area contributed by atoms with Crippen LogP contribution in [0.15, 0.2) is 60.7 Å². The van der Waals surface area contributed by atoms with E-state index in [1.807, 2.05) is 60.7 Å². The van der Waals surface area contributed by atoms with Crippen LogP contribution >= 0.6 is 0 Å². The minimum absolute atomic E-state index is 0. The maximum atomic E-state index is 11.3. The van der Waals surface area contributed by atoms with Gasteiger partial charge in [0.05, 0.1) is 37.4 Å². The predicted molar refractivity (Wildman–Crippen MR) is 238 cm³/mol. The van der Waals surface area contributed by atoms with E-state index in [2.05, 4.69) is 13.8 Å². The molecular formula is C50H82BaO8. The summed E-state index contributed by atoms with van der Waals surface area (Å²) in [4.78, 5) is 22.6. The van der Waals surface area contributed by atoms with Crippen LogP contribution in [0.4, 0.5) is 0 Å². The summed E-state index contributed by atoms with van der Waals surface area (Å²) in [5, 5.41) is 43.0. The van der Waals surface area contributed by atoms with E-state index < -0.39 is 36.4 Å². The van der Waals surface area contributed by atoms with E-state index in [0.717, 1.165) is 49.7 Å². The van der Waals surface area contributed by atoms with Crippen LogP contribution in [-0.4, -0.2) is 95.4 Å². The Hall–Kier alpha value is -1.21. The third-order valence-electron chi connectivity index (χ3n) is 10.9. The quantitative estimate of drug-likeness (QED) is 0.0501. The molecule has 0 saturated heterocycles. The number of rotatable bonds is 38. The number of aliphatic carboxylic acids is 2. The van der Waals surface area contributed by atoms with Crippen molar-refractivity contribution in [3.05, 3.63) is 71.8 Å². The number of carbonyl (C=O) groups is 2. The van der Waals surface area contributed by atoms with Gasteiger partial charge in [-0.3, -0.25) is 0 Å². The molecule has 0 aliphatic rings. The fourth-order valence-corrected chi connectivity index (χ4v) is 7.24. The zero-order chi connectivity index (χ0) is 42.3. The van der Waals surface area contributed by atoms with Crippen LogP contribution in [0.3, 0.4) is 0 Å². The molecule has 4 atom stereocenters. The van der Waals surface area contributed by atoms with Crippen LogP contribution in [0, 0.1) is 0 Å². The number of carboxylic acids is 2. The summed E-state index contributed by atoms with van der Waals surface area (Å²) >= 11 is 0. The molecule has 2 aromatic rings. The maximum absolute atomic E-state index is 11.3. The molecule has 59 heavy (non-hydrogen) atoms. The average Bonchev–Trinajstić information content (AvgIpc) is 3.22. The summed E-state index contributed by atoms with van der Waals surface area (Å²) in [5.41, 5.74) is 1.76. The Morgan fingerprint density at radius 1 is 0.441 bits per heavy atom. The van der Waals surface area contributed by atoms with Gasteiger partial charge in [-0.2, -0.15) is 0 Å². The van der Waals surface area contributed by atoms with Gasteiger partial charge in [-0.15, -0.1) is 0 Å². The van der Waals surface area contributed by atoms with Crippen molar-refractivity contribution in [1.82, 2.24) is 0 Å². The summed E-state index contributed by atoms with van der Waals surface area (Å²) in [6.07, 6.45) is 29.0. The summed E-state index contributed by atoms with van der Waals surface area (Å²) in [6.45, 7) is 4.83. The van der Waals surface area contributed by atoms with Gasteiger partial charge in [0, 0.05) is 0 Å². The first kappa shape index (κ1) is 57.8. The Balaban J connectivity index is 0.00000112. The average molecular weight is 949 g/mol. The summed E-state index contributed by atoms with van der Waals surface area (Å²) in [7, 11) is 0. The molecule has 9 heteroatoms. The molecule has 0 amide bonds. The number of ether oxygens (including phenoxy) is 2. The molecule has 0 aliphatic heterocycles. The molecular weight excluding hydrogens is 866 g/mol. The van der Waals surface area contributed by atoms with Crippen molar-refractivity contribution in [3.8, 4) is 0 Å². The first-order chi connectivity index (χ1) is 28.3. The van der Waals surface area contributed by atoms with Crippen LogP contribution in [0.2, 0.25) is 0 Å². The second-order valence-electron chi connectivity index (χ2n) is 16.3. The smallest absolute Gasteiger partial charge is 0.547 e. The minimum atomic E-state index is -1.34. The van der Waals surface area contributed by atoms with E-state index in [4.69, 9.17) is 9.47 Å². The van der Waals surface area contributed by atoms with E-state index in [1.165, 1.54) is 128 Å². The van der Waals surface area contributed by atoms with E-state index >= 15 is 0 Å². The van der Waals surface area contributed by atoms with Gasteiger partial charge < -0.3 is 39.5 Å². The Labute approximate surface area is 400 Å². The molecule has 0 bridgehead atoms. The molecule has 0 radical (unpaired) electrons. The van der Waals surface area contributed by atoms with Gasteiger partial charge in [-0.1, -0.05) is 241 Å². The zero-order valence-corrected chi connectivity index (χ0v) is 41.8. The van der Waals surface area contributed by atoms with Crippen molar-refractivity contribution in [2.75, 3.05) is 0 Å². The van der Waals surface area contributed by atoms with Crippen molar-refractivity contribution in [3.63, 3.8) is 0 Å². The van der Waals surface area contributed by atoms with Crippen molar-refractivity contribution in [2.24, 2.45) is 0 Å². The first-order valence-corrected chi connectivity index (χ1v) is 23.4. The van der Waals surface area contributed by atoms with Crippen LogP contribution in [-0.2, 0) is 32.3 Å². The van der Waals surface area contributed by atoms with Crippen LogP contribution < -0.4 is 10.2 Å². The molecule has 0 aliphatic carbocycles. The Morgan fingerprint density at radius 3 is 0.915 bits per heavy atom. The van der Waals surface area contributed by atoms with Gasteiger partial charge in [0.1, 0.15) is 12.2 Å². The minimum Gasteiger partial charge on any atom is -0.547 e. The fraction of sp³-hybridized carbons (Fsp3) is 0.720. The van der Waals surface area contributed by atoms with Gasteiger partial charge in [0.25, 0.3) is 0 Å². The molecule has 332 valence electrons. The van der Waals surface area contributed by atoms with E-state index in [1.54, 1.807) is 0 Å². The third-order valence-corrected chi connectivity index (χ3v) is 10.9. The Morgan fingerprint density at radius 2 is 0.678 bits per heavy atom. The molecule has 2 N–H and O–H groups in total. The molecule has 0 aromatic heterocycles. The number of carboxylic acid groups (broad SMARTS) is 2. The summed E-state index contributed by atoms with van der Waals surface area (Å²) in [6, 6.07) is 18.7. The second kappa shape index (κ2) is 42.1. The van der Waals surface area contributed by atoms with Gasteiger partial charge in [-0.25, -0.2) is 0 Å². The van der Waals surface area contributed by atoms with Gasteiger partial charge in [-0.05, 0) is 24.0 Å². The first-order valence-electron chi connectivity index (χ1n) is 23.4. The number of hydrogen-bond donors (Lipinski definition) is 2. The Kier molecular flexibility index (Phi) is 41.2. The molecule has 2 rings (SSSR count). The normalized spacial score (nSPS) is 13.1. The molecule has 0 fully saturated rings. The van der Waals surface area contributed by atoms with Crippen LogP contribution in [0.1, 0.15) is 205 Å². The number of unbranched alkanes of at least 4 members (excludes halogenated alkanes) is 24. The molecule has 4 unspecified atom stereocenters. The standard InChI is InChI=1S/2C25H42O4.Ba/c2*1-2-3-4-5-6-7-8-9-10-11-12-13-17-20-23(26)24(25(27)28)29-21-22-18-15-14-16-19-22;/h2*14-16,18-19,23-24,26H,2-13,17,20-21H2,1H3,(H,27,28);/q;;+2/p-2. The summed E-state index contributed by atoms with van der Waals surface area (Å²) < 4.78 is 10.8. The van der Waals surface area contributed by atoms with Crippen molar-refractivity contribution in [1.29, 1.82) is 0 Å². The van der Waals surface area contributed by atoms with Crippen molar-refractivity contribution >= 4 is 60.8 Å². The monoisotopic (exact) mass is 949 g/mol. The second-order valence-corrected chi connectivity index (χ2v) is 16.3. The van der Waals surface area contributed by atoms with E-state index in [-0.39, 0.29) is 62.1 Å². The SMILES string of the molecule is CCCCCCCCCCCCCCCC(O)C(OCc1ccccc1)C(=O)[O-].CCCCCCCCCCCCCCCC(O)C(OCc1ccccc1)C(=O)[O-].[Ba+2]. The van der Waals surface area contributed by atoms with E-state index in [0.29, 0.717) is 12.8 Å². The maximum Gasteiger partial charge on any atom is 2.00 e. The largest absolute Gasteiger partial charge is 2.00 e. The van der Waals surface area contributed by atoms with Gasteiger partial charge in [0.2, 0.25) is 0 Å². The van der Waals surface area contributed by atoms with E-state index in [9.17, 15) is 30.0 Å². The fourth-order valence-electron chi connectivity index (χ4n) is 7.24. The van der Waals surface area contributed by atoms with Crippen molar-refractivity contribution in [2.45, 2.75) is 231 Å². The molecule has 2 aromatic carbocycles. The van der Waals surface area contributed by atoms with Crippen LogP contribution in [0.5, 0.6) is 0 Å². The summed E-state index contributed by atoms with van der Waals surface area (Å²) in [5.74, 6) is -2.69. The molecule has 0 spiro atoms. The third kappa shape index (κ3) is 34.0. The number of hydrogen-bond acceptors (Lipinski definition) is 8. The zero-order valence-electron chi connectivity index (χ0n) is 37.3. The topological polar surface area (TPSA) is 139 Å². The number of aliphatic hydroxyl groups is 2. The predicted octanol–water partition coefficient (Wildman–Crippen LogP) is 9.95. The number of carbonyl (C=O) groups excluding carboxylic acids is 2. The number of benzene rings is 2. The van der Waals surface area contributed by atoms with Crippen molar-refractivity contribution < 1.29 is 39.5 Å². The van der Waals surface area contributed by atoms with Crippen LogP contribution in [0.25, 0.3) is 0 Å². The van der Waals surface area contributed by atoms with Gasteiger partial charge >= 0.3 is 48.9 Å². The molecule has 0 heterocycles. The molecule has 8 nitrogen and oxygen atoms in total. The molecule has 0 saturated carbocycles.